The Balaban J connectivity index is 2.32. The van der Waals surface area contributed by atoms with E-state index in [1.165, 1.54) is 18.2 Å². The zero-order chi connectivity index (χ0) is 14.7. The first-order chi connectivity index (χ1) is 9.49. The lowest BCUT2D eigenvalue weighted by atomic mass is 10.2. The Bertz CT molecular complexity index is 634. The predicted molar refractivity (Wildman–Crippen MR) is 70.3 cm³/mol. The fourth-order valence-electron chi connectivity index (χ4n) is 1.75. The molecule has 0 amide bonds. The summed E-state index contributed by atoms with van der Waals surface area (Å²) in [4.78, 5) is 20.6. The smallest absolute Gasteiger partial charge is 0.299 e. The third-order valence-electron chi connectivity index (χ3n) is 2.63. The van der Waals surface area contributed by atoms with Gasteiger partial charge in [0, 0.05) is 25.4 Å². The zero-order valence-corrected chi connectivity index (χ0v) is 10.5. The Hall–Kier alpha value is -2.97. The largest absolute Gasteiger partial charge is 0.368 e. The molecule has 0 spiro atoms. The molecule has 0 aliphatic carbocycles. The molecular formula is C11H11N5O4. The van der Waals surface area contributed by atoms with Crippen LogP contribution in [0.2, 0.25) is 0 Å². The standard InChI is InChI=1S/C11H11N5O4/c1-14-6-5-8(13-14)7-12-11-9(15(17)18)3-2-4-10(11)16(19)20/h2-6,12H,7H2,1H3. The molecule has 1 heterocycles. The quantitative estimate of drug-likeness (QED) is 0.658. The van der Waals surface area contributed by atoms with E-state index in [4.69, 9.17) is 0 Å². The lowest BCUT2D eigenvalue weighted by molar-refractivity contribution is -0.392. The average molecular weight is 277 g/mol. The molecule has 1 aromatic carbocycles. The van der Waals surface area contributed by atoms with Crippen molar-refractivity contribution in [3.63, 3.8) is 0 Å². The molecule has 0 bridgehead atoms. The van der Waals surface area contributed by atoms with Gasteiger partial charge in [-0.25, -0.2) is 0 Å². The molecule has 0 unspecified atom stereocenters. The van der Waals surface area contributed by atoms with Crippen LogP contribution in [0.25, 0.3) is 0 Å². The van der Waals surface area contributed by atoms with Gasteiger partial charge in [-0.15, -0.1) is 0 Å². The molecule has 20 heavy (non-hydrogen) atoms. The Labute approximate surface area is 113 Å². The zero-order valence-electron chi connectivity index (χ0n) is 10.5. The maximum absolute atomic E-state index is 10.9. The summed E-state index contributed by atoms with van der Waals surface area (Å²) in [5.74, 6) is 0. The summed E-state index contributed by atoms with van der Waals surface area (Å²) < 4.78 is 1.57. The van der Waals surface area contributed by atoms with E-state index in [2.05, 4.69) is 10.4 Å². The van der Waals surface area contributed by atoms with Crippen molar-refractivity contribution in [2.75, 3.05) is 5.32 Å². The number of aromatic nitrogens is 2. The highest BCUT2D eigenvalue weighted by Crippen LogP contribution is 2.33. The summed E-state index contributed by atoms with van der Waals surface area (Å²) in [6, 6.07) is 5.43. The maximum atomic E-state index is 10.9. The summed E-state index contributed by atoms with van der Waals surface area (Å²) in [6.45, 7) is 0.159. The van der Waals surface area contributed by atoms with Crippen molar-refractivity contribution in [3.8, 4) is 0 Å². The van der Waals surface area contributed by atoms with E-state index in [1.807, 2.05) is 0 Å². The minimum Gasteiger partial charge on any atom is -0.368 e. The average Bonchev–Trinajstić information content (AvgIpc) is 2.81. The topological polar surface area (TPSA) is 116 Å². The van der Waals surface area contributed by atoms with E-state index in [9.17, 15) is 20.2 Å². The van der Waals surface area contributed by atoms with E-state index in [0.29, 0.717) is 5.69 Å². The Kier molecular flexibility index (Phi) is 3.60. The maximum Gasteiger partial charge on any atom is 0.299 e. The van der Waals surface area contributed by atoms with Crippen molar-refractivity contribution >= 4 is 17.1 Å². The molecule has 0 saturated heterocycles. The summed E-state index contributed by atoms with van der Waals surface area (Å²) in [5.41, 5.74) is -0.168. The van der Waals surface area contributed by atoms with Crippen LogP contribution < -0.4 is 5.32 Å². The molecule has 9 nitrogen and oxygen atoms in total. The number of hydrogen-bond acceptors (Lipinski definition) is 6. The molecule has 2 rings (SSSR count). The third kappa shape index (κ3) is 2.71. The van der Waals surface area contributed by atoms with E-state index in [0.717, 1.165) is 0 Å². The van der Waals surface area contributed by atoms with Crippen LogP contribution in [0.4, 0.5) is 17.1 Å². The van der Waals surface area contributed by atoms with Crippen molar-refractivity contribution < 1.29 is 9.85 Å². The van der Waals surface area contributed by atoms with Crippen LogP contribution in [-0.4, -0.2) is 19.6 Å². The molecule has 1 aromatic heterocycles. The van der Waals surface area contributed by atoms with Gasteiger partial charge in [0.25, 0.3) is 11.4 Å². The van der Waals surface area contributed by atoms with Crippen molar-refractivity contribution in [3.05, 3.63) is 56.4 Å². The van der Waals surface area contributed by atoms with Gasteiger partial charge in [0.2, 0.25) is 0 Å². The Morgan fingerprint density at radius 2 is 1.80 bits per heavy atom. The molecule has 1 N–H and O–H groups in total. The number of rotatable bonds is 5. The van der Waals surface area contributed by atoms with Crippen LogP contribution in [0.5, 0.6) is 0 Å². The van der Waals surface area contributed by atoms with Crippen molar-refractivity contribution in [2.45, 2.75) is 6.54 Å². The molecule has 0 fully saturated rings. The monoisotopic (exact) mass is 277 g/mol. The highest BCUT2D eigenvalue weighted by atomic mass is 16.6. The second-order valence-corrected chi connectivity index (χ2v) is 4.02. The van der Waals surface area contributed by atoms with Gasteiger partial charge in [-0.2, -0.15) is 5.10 Å². The molecule has 0 atom stereocenters. The molecule has 104 valence electrons. The van der Waals surface area contributed by atoms with Crippen LogP contribution in [-0.2, 0) is 13.6 Å². The van der Waals surface area contributed by atoms with Gasteiger partial charge in [0.1, 0.15) is 0 Å². The van der Waals surface area contributed by atoms with Crippen LogP contribution in [0.1, 0.15) is 5.69 Å². The molecule has 0 aliphatic rings. The third-order valence-corrected chi connectivity index (χ3v) is 2.63. The number of nitro benzene ring substituents is 2. The van der Waals surface area contributed by atoms with E-state index in [-0.39, 0.29) is 23.6 Å². The van der Waals surface area contributed by atoms with Gasteiger partial charge in [0.05, 0.1) is 22.1 Å². The fraction of sp³-hybridized carbons (Fsp3) is 0.182. The lowest BCUT2D eigenvalue weighted by Crippen LogP contribution is -2.06. The number of benzene rings is 1. The van der Waals surface area contributed by atoms with Gasteiger partial charge in [-0.05, 0) is 12.1 Å². The fourth-order valence-corrected chi connectivity index (χ4v) is 1.75. The Morgan fingerprint density at radius 1 is 1.20 bits per heavy atom. The number of nitrogens with one attached hydrogen (secondary N) is 1. The van der Waals surface area contributed by atoms with Crippen LogP contribution in [0.15, 0.2) is 30.5 Å². The summed E-state index contributed by atoms with van der Waals surface area (Å²) in [5, 5.41) is 28.7. The van der Waals surface area contributed by atoms with Crippen molar-refractivity contribution in [2.24, 2.45) is 7.05 Å². The number of hydrogen-bond donors (Lipinski definition) is 1. The van der Waals surface area contributed by atoms with E-state index >= 15 is 0 Å². The SMILES string of the molecule is Cn1ccc(CNc2c([N+](=O)[O-])cccc2[N+](=O)[O-])n1. The van der Waals surface area contributed by atoms with Crippen LogP contribution >= 0.6 is 0 Å². The van der Waals surface area contributed by atoms with Gasteiger partial charge >= 0.3 is 0 Å². The van der Waals surface area contributed by atoms with Crippen molar-refractivity contribution in [1.29, 1.82) is 0 Å². The first-order valence-electron chi connectivity index (χ1n) is 5.63. The first kappa shape index (κ1) is 13.5. The highest BCUT2D eigenvalue weighted by Gasteiger charge is 2.24. The minimum atomic E-state index is -0.659. The van der Waals surface area contributed by atoms with E-state index in [1.54, 1.807) is 24.0 Å². The molecular weight excluding hydrogens is 266 g/mol. The molecule has 0 aliphatic heterocycles. The predicted octanol–water partition coefficient (Wildman–Crippen LogP) is 1.85. The van der Waals surface area contributed by atoms with Gasteiger partial charge in [-0.3, -0.25) is 24.9 Å². The first-order valence-corrected chi connectivity index (χ1v) is 5.63. The summed E-state index contributed by atoms with van der Waals surface area (Å²) in [7, 11) is 1.73. The molecule has 2 aromatic rings. The second kappa shape index (κ2) is 5.34. The highest BCUT2D eigenvalue weighted by molar-refractivity contribution is 5.73. The number of para-hydroxylation sites is 1. The lowest BCUT2D eigenvalue weighted by Gasteiger charge is -2.06. The molecule has 0 saturated carbocycles. The normalized spacial score (nSPS) is 10.2. The van der Waals surface area contributed by atoms with Gasteiger partial charge in [-0.1, -0.05) is 0 Å². The van der Waals surface area contributed by atoms with Gasteiger partial charge in [0.15, 0.2) is 5.69 Å². The number of nitrogens with zero attached hydrogens (tertiary/aromatic N) is 4. The molecule has 9 heteroatoms. The Morgan fingerprint density at radius 3 is 2.25 bits per heavy atom. The minimum absolute atomic E-state index is 0.117. The second-order valence-electron chi connectivity index (χ2n) is 4.02. The number of anilines is 1. The number of aryl methyl sites for hydroxylation is 1. The summed E-state index contributed by atoms with van der Waals surface area (Å²) in [6.07, 6.45) is 1.71. The van der Waals surface area contributed by atoms with Gasteiger partial charge < -0.3 is 5.32 Å². The molecule has 0 radical (unpaired) electrons. The van der Waals surface area contributed by atoms with Crippen LogP contribution in [0.3, 0.4) is 0 Å². The van der Waals surface area contributed by atoms with Crippen LogP contribution in [0, 0.1) is 20.2 Å². The van der Waals surface area contributed by atoms with Crippen molar-refractivity contribution in [1.82, 2.24) is 9.78 Å². The van der Waals surface area contributed by atoms with E-state index < -0.39 is 9.85 Å². The summed E-state index contributed by atoms with van der Waals surface area (Å²) >= 11 is 0. The number of nitro groups is 2.